The molecule has 0 spiro atoms. The molecule has 0 aliphatic rings. The number of pyridine rings is 1. The zero-order chi connectivity index (χ0) is 14.9. The van der Waals surface area contributed by atoms with E-state index in [9.17, 15) is 22.7 Å². The molecule has 0 saturated heterocycles. The Bertz CT molecular complexity index is 613. The maximum atomic E-state index is 13.2. The van der Waals surface area contributed by atoms with Crippen molar-refractivity contribution in [2.75, 3.05) is 0 Å². The standard InChI is InChI=1S/C13H8ClF4NO/c14-11-4-2-8(6-19-11)12(20)7-1-3-10(15)9(5-7)13(16,17)18/h1-6,12,20H. The molecule has 1 N–H and O–H groups in total. The van der Waals surface area contributed by atoms with E-state index in [0.29, 0.717) is 12.1 Å². The lowest BCUT2D eigenvalue weighted by Crippen LogP contribution is -2.10. The number of alkyl halides is 3. The van der Waals surface area contributed by atoms with Crippen LogP contribution in [0.2, 0.25) is 5.15 Å². The Labute approximate surface area is 116 Å². The van der Waals surface area contributed by atoms with Gasteiger partial charge in [0.15, 0.2) is 0 Å². The van der Waals surface area contributed by atoms with Gasteiger partial charge in [-0.05, 0) is 23.8 Å². The van der Waals surface area contributed by atoms with Crippen molar-refractivity contribution in [3.05, 3.63) is 64.2 Å². The number of aromatic nitrogens is 1. The van der Waals surface area contributed by atoms with Gasteiger partial charge < -0.3 is 5.11 Å². The van der Waals surface area contributed by atoms with Crippen LogP contribution in [0.25, 0.3) is 0 Å². The smallest absolute Gasteiger partial charge is 0.384 e. The van der Waals surface area contributed by atoms with Crippen molar-refractivity contribution < 1.29 is 22.7 Å². The number of halogens is 5. The number of hydrogen-bond acceptors (Lipinski definition) is 2. The third-order valence-corrected chi connectivity index (χ3v) is 2.90. The summed E-state index contributed by atoms with van der Waals surface area (Å²) in [5, 5.41) is 10.2. The molecule has 0 amide bonds. The molecule has 0 bridgehead atoms. The fraction of sp³-hybridized carbons (Fsp3) is 0.154. The Morgan fingerprint density at radius 3 is 2.30 bits per heavy atom. The van der Waals surface area contributed by atoms with Gasteiger partial charge in [-0.2, -0.15) is 13.2 Å². The number of hydrogen-bond donors (Lipinski definition) is 1. The summed E-state index contributed by atoms with van der Waals surface area (Å²) in [6.45, 7) is 0. The minimum Gasteiger partial charge on any atom is -0.384 e. The Balaban J connectivity index is 2.40. The third-order valence-electron chi connectivity index (χ3n) is 2.68. The van der Waals surface area contributed by atoms with Gasteiger partial charge in [0.25, 0.3) is 0 Å². The Hall–Kier alpha value is -1.66. The molecule has 0 fully saturated rings. The normalized spacial score (nSPS) is 13.3. The van der Waals surface area contributed by atoms with E-state index >= 15 is 0 Å². The van der Waals surface area contributed by atoms with Gasteiger partial charge in [-0.1, -0.05) is 23.7 Å². The van der Waals surface area contributed by atoms with Gasteiger partial charge >= 0.3 is 6.18 Å². The van der Waals surface area contributed by atoms with E-state index in [1.54, 1.807) is 0 Å². The molecular formula is C13H8ClF4NO. The topological polar surface area (TPSA) is 33.1 Å². The summed E-state index contributed by atoms with van der Waals surface area (Å²) in [5.74, 6) is -1.39. The molecule has 0 aliphatic carbocycles. The molecule has 2 rings (SSSR count). The van der Waals surface area contributed by atoms with Gasteiger partial charge in [-0.3, -0.25) is 0 Å². The average Bonchev–Trinajstić information content (AvgIpc) is 2.38. The molecule has 1 atom stereocenters. The molecule has 0 saturated carbocycles. The maximum Gasteiger partial charge on any atom is 0.419 e. The predicted molar refractivity (Wildman–Crippen MR) is 64.7 cm³/mol. The highest BCUT2D eigenvalue weighted by Gasteiger charge is 2.34. The highest BCUT2D eigenvalue weighted by molar-refractivity contribution is 6.29. The van der Waals surface area contributed by atoms with Gasteiger partial charge in [0, 0.05) is 11.8 Å². The first-order valence-corrected chi connectivity index (χ1v) is 5.83. The number of aliphatic hydroxyl groups is 1. The van der Waals surface area contributed by atoms with Crippen LogP contribution in [0.4, 0.5) is 17.6 Å². The van der Waals surface area contributed by atoms with Crippen molar-refractivity contribution in [1.29, 1.82) is 0 Å². The van der Waals surface area contributed by atoms with Crippen LogP contribution in [0.1, 0.15) is 22.8 Å². The van der Waals surface area contributed by atoms with Gasteiger partial charge in [-0.15, -0.1) is 0 Å². The Kier molecular flexibility index (Phi) is 3.96. The first kappa shape index (κ1) is 14.7. The molecule has 1 unspecified atom stereocenters. The third kappa shape index (κ3) is 3.08. The highest BCUT2D eigenvalue weighted by Crippen LogP contribution is 2.34. The summed E-state index contributed by atoms with van der Waals surface area (Å²) in [6.07, 6.45) is -4.93. The molecule has 7 heteroatoms. The molecule has 1 heterocycles. The van der Waals surface area contributed by atoms with E-state index in [1.165, 1.54) is 18.3 Å². The van der Waals surface area contributed by atoms with Gasteiger partial charge in [0.2, 0.25) is 0 Å². The Morgan fingerprint density at radius 1 is 1.10 bits per heavy atom. The van der Waals surface area contributed by atoms with E-state index in [0.717, 1.165) is 6.07 Å². The van der Waals surface area contributed by atoms with Crippen molar-refractivity contribution in [2.24, 2.45) is 0 Å². The van der Waals surface area contributed by atoms with Crippen molar-refractivity contribution in [1.82, 2.24) is 4.98 Å². The molecule has 2 nitrogen and oxygen atoms in total. The fourth-order valence-corrected chi connectivity index (χ4v) is 1.78. The predicted octanol–water partition coefficient (Wildman–Crippen LogP) is 3.97. The summed E-state index contributed by atoms with van der Waals surface area (Å²) >= 11 is 5.58. The van der Waals surface area contributed by atoms with Crippen molar-refractivity contribution in [3.8, 4) is 0 Å². The van der Waals surface area contributed by atoms with Crippen molar-refractivity contribution >= 4 is 11.6 Å². The zero-order valence-electron chi connectivity index (χ0n) is 9.83. The molecular weight excluding hydrogens is 298 g/mol. The first-order valence-electron chi connectivity index (χ1n) is 5.45. The highest BCUT2D eigenvalue weighted by atomic mass is 35.5. The SMILES string of the molecule is OC(c1ccc(Cl)nc1)c1ccc(F)c(C(F)(F)F)c1. The summed E-state index contributed by atoms with van der Waals surface area (Å²) in [6, 6.07) is 5.16. The monoisotopic (exact) mass is 305 g/mol. The van der Waals surface area contributed by atoms with Crippen molar-refractivity contribution in [3.63, 3.8) is 0 Å². The van der Waals surface area contributed by atoms with Crippen LogP contribution in [0, 0.1) is 5.82 Å². The second kappa shape index (κ2) is 5.38. The lowest BCUT2D eigenvalue weighted by atomic mass is 10.0. The van der Waals surface area contributed by atoms with Crippen LogP contribution in [0.15, 0.2) is 36.5 Å². The minimum absolute atomic E-state index is 0.0807. The molecule has 20 heavy (non-hydrogen) atoms. The number of aliphatic hydroxyl groups excluding tert-OH is 1. The minimum atomic E-state index is -4.82. The second-order valence-corrected chi connectivity index (χ2v) is 4.44. The van der Waals surface area contributed by atoms with Gasteiger partial charge in [-0.25, -0.2) is 9.37 Å². The van der Waals surface area contributed by atoms with Crippen molar-refractivity contribution in [2.45, 2.75) is 12.3 Å². The maximum absolute atomic E-state index is 13.2. The number of rotatable bonds is 2. The lowest BCUT2D eigenvalue weighted by Gasteiger charge is -2.14. The number of benzene rings is 1. The Morgan fingerprint density at radius 2 is 1.75 bits per heavy atom. The van der Waals surface area contributed by atoms with E-state index in [2.05, 4.69) is 4.98 Å². The quantitative estimate of drug-likeness (QED) is 0.672. The molecule has 106 valence electrons. The van der Waals surface area contributed by atoms with Crippen LogP contribution in [-0.2, 0) is 6.18 Å². The van der Waals surface area contributed by atoms with Crippen LogP contribution in [0.3, 0.4) is 0 Å². The van der Waals surface area contributed by atoms with Gasteiger partial charge in [0.05, 0.1) is 5.56 Å². The molecule has 0 aliphatic heterocycles. The average molecular weight is 306 g/mol. The molecule has 2 aromatic rings. The van der Waals surface area contributed by atoms with Crippen LogP contribution in [-0.4, -0.2) is 10.1 Å². The van der Waals surface area contributed by atoms with E-state index in [-0.39, 0.29) is 16.3 Å². The van der Waals surface area contributed by atoms with Crippen LogP contribution in [0.5, 0.6) is 0 Å². The molecule has 1 aromatic heterocycles. The zero-order valence-corrected chi connectivity index (χ0v) is 10.6. The lowest BCUT2D eigenvalue weighted by molar-refractivity contribution is -0.140. The summed E-state index contributed by atoms with van der Waals surface area (Å²) in [5.41, 5.74) is -1.24. The van der Waals surface area contributed by atoms with E-state index < -0.39 is 23.7 Å². The summed E-state index contributed by atoms with van der Waals surface area (Å²) < 4.78 is 50.9. The number of nitrogens with zero attached hydrogens (tertiary/aromatic N) is 1. The largest absolute Gasteiger partial charge is 0.419 e. The molecule has 1 aromatic carbocycles. The fourth-order valence-electron chi connectivity index (χ4n) is 1.67. The van der Waals surface area contributed by atoms with E-state index in [4.69, 9.17) is 11.6 Å². The second-order valence-electron chi connectivity index (χ2n) is 4.05. The summed E-state index contributed by atoms with van der Waals surface area (Å²) in [4.78, 5) is 3.72. The van der Waals surface area contributed by atoms with Crippen LogP contribution < -0.4 is 0 Å². The van der Waals surface area contributed by atoms with Gasteiger partial charge in [0.1, 0.15) is 17.1 Å². The van der Waals surface area contributed by atoms with Crippen LogP contribution >= 0.6 is 11.6 Å². The first-order chi connectivity index (χ1) is 9.29. The van der Waals surface area contributed by atoms with E-state index in [1.807, 2.05) is 0 Å². The summed E-state index contributed by atoms with van der Waals surface area (Å²) in [7, 11) is 0. The molecule has 0 radical (unpaired) electrons.